The second-order valence-corrected chi connectivity index (χ2v) is 3.77. The molecule has 3 nitrogen and oxygen atoms in total. The zero-order valence-corrected chi connectivity index (χ0v) is 7.13. The van der Waals surface area contributed by atoms with E-state index in [0.29, 0.717) is 0 Å². The summed E-state index contributed by atoms with van der Waals surface area (Å²) in [6.45, 7) is 0. The average Bonchev–Trinajstić information content (AvgIpc) is 2.03. The van der Waals surface area contributed by atoms with Crippen molar-refractivity contribution < 1.29 is 21.8 Å². The molecule has 0 unspecified atom stereocenters. The van der Waals surface area contributed by atoms with Crippen LogP contribution in [0.15, 0.2) is 29.2 Å². The maximum Gasteiger partial charge on any atom is 0.294 e. The first-order chi connectivity index (χ1) is 5.91. The minimum Gasteiger partial charge on any atom is -0.282 e. The summed E-state index contributed by atoms with van der Waals surface area (Å²) < 4.78 is 53.4. The van der Waals surface area contributed by atoms with E-state index in [1.807, 2.05) is 0 Å². The Labute approximate surface area is 73.8 Å². The van der Waals surface area contributed by atoms with Gasteiger partial charge in [-0.3, -0.25) is 4.55 Å². The molecular formula is C7H6F2O3S. The van der Waals surface area contributed by atoms with Crippen molar-refractivity contribution in [2.45, 2.75) is 11.3 Å². The van der Waals surface area contributed by atoms with Crippen molar-refractivity contribution in [1.82, 2.24) is 0 Å². The third kappa shape index (κ3) is 2.46. The summed E-state index contributed by atoms with van der Waals surface area (Å²) in [5.74, 6) is 0. The minimum absolute atomic E-state index is 0.285. The van der Waals surface area contributed by atoms with Crippen molar-refractivity contribution in [3.8, 4) is 0 Å². The van der Waals surface area contributed by atoms with Crippen LogP contribution in [0.1, 0.15) is 12.0 Å². The van der Waals surface area contributed by atoms with Gasteiger partial charge in [-0.15, -0.1) is 0 Å². The molecule has 0 amide bonds. The number of hydrogen-bond donors (Lipinski definition) is 1. The van der Waals surface area contributed by atoms with E-state index in [1.165, 1.54) is 0 Å². The molecule has 0 heterocycles. The molecule has 0 aromatic heterocycles. The fourth-order valence-corrected chi connectivity index (χ4v) is 1.27. The maximum atomic E-state index is 12.0. The molecule has 6 heteroatoms. The van der Waals surface area contributed by atoms with Crippen LogP contribution in [0.5, 0.6) is 0 Å². The summed E-state index contributed by atoms with van der Waals surface area (Å²) in [5, 5.41) is 0. The van der Waals surface area contributed by atoms with Gasteiger partial charge >= 0.3 is 0 Å². The number of rotatable bonds is 2. The molecule has 0 atom stereocenters. The van der Waals surface area contributed by atoms with Gasteiger partial charge in [0.15, 0.2) is 0 Å². The Bertz CT molecular complexity index is 383. The lowest BCUT2D eigenvalue weighted by molar-refractivity contribution is 0.151. The third-order valence-corrected chi connectivity index (χ3v) is 2.30. The van der Waals surface area contributed by atoms with Crippen LogP contribution in [0, 0.1) is 0 Å². The Morgan fingerprint density at radius 2 is 1.62 bits per heavy atom. The van der Waals surface area contributed by atoms with Crippen molar-refractivity contribution in [2.24, 2.45) is 0 Å². The summed E-state index contributed by atoms with van der Waals surface area (Å²) >= 11 is 0. The Kier molecular flexibility index (Phi) is 2.63. The zero-order chi connectivity index (χ0) is 10.1. The van der Waals surface area contributed by atoms with E-state index in [9.17, 15) is 17.2 Å². The first-order valence-electron chi connectivity index (χ1n) is 3.27. The van der Waals surface area contributed by atoms with Crippen LogP contribution in [-0.4, -0.2) is 13.0 Å². The van der Waals surface area contributed by atoms with Gasteiger partial charge in [0.2, 0.25) is 0 Å². The molecule has 0 fully saturated rings. The molecule has 0 aliphatic carbocycles. The number of halogens is 2. The fraction of sp³-hybridized carbons (Fsp3) is 0.143. The van der Waals surface area contributed by atoms with E-state index in [1.54, 1.807) is 0 Å². The molecule has 13 heavy (non-hydrogen) atoms. The van der Waals surface area contributed by atoms with E-state index >= 15 is 0 Å². The molecule has 1 aromatic rings. The topological polar surface area (TPSA) is 54.4 Å². The van der Waals surface area contributed by atoms with E-state index < -0.39 is 21.4 Å². The number of hydrogen-bond acceptors (Lipinski definition) is 2. The molecule has 0 spiro atoms. The standard InChI is InChI=1S/C7H6F2O3S/c8-7(9)5-1-3-6(4-2-5)13(10,11)12/h1-4,7H,(H,10,11,12). The lowest BCUT2D eigenvalue weighted by atomic mass is 10.2. The van der Waals surface area contributed by atoms with Gasteiger partial charge in [-0.2, -0.15) is 8.42 Å². The highest BCUT2D eigenvalue weighted by Gasteiger charge is 2.11. The highest BCUT2D eigenvalue weighted by atomic mass is 32.2. The van der Waals surface area contributed by atoms with Crippen LogP contribution >= 0.6 is 0 Å². The third-order valence-electron chi connectivity index (χ3n) is 1.43. The summed E-state index contributed by atoms with van der Waals surface area (Å²) in [7, 11) is -4.29. The molecule has 0 bridgehead atoms. The Balaban J connectivity index is 3.08. The molecular weight excluding hydrogens is 202 g/mol. The van der Waals surface area contributed by atoms with Gasteiger partial charge in [0.25, 0.3) is 16.5 Å². The summed E-state index contributed by atoms with van der Waals surface area (Å²) in [6, 6.07) is 3.76. The van der Waals surface area contributed by atoms with E-state index in [-0.39, 0.29) is 5.56 Å². The fourth-order valence-electron chi connectivity index (χ4n) is 0.785. The van der Waals surface area contributed by atoms with Crippen molar-refractivity contribution in [1.29, 1.82) is 0 Å². The molecule has 0 aliphatic heterocycles. The van der Waals surface area contributed by atoms with Gasteiger partial charge in [0, 0.05) is 5.56 Å². The predicted molar refractivity (Wildman–Crippen MR) is 41.2 cm³/mol. The van der Waals surface area contributed by atoms with E-state index in [2.05, 4.69) is 0 Å². The molecule has 0 aliphatic rings. The minimum atomic E-state index is -4.29. The Morgan fingerprint density at radius 1 is 1.15 bits per heavy atom. The highest BCUT2D eigenvalue weighted by Crippen LogP contribution is 2.19. The number of benzene rings is 1. The summed E-state index contributed by atoms with van der Waals surface area (Å²) in [4.78, 5) is -0.392. The summed E-state index contributed by atoms with van der Waals surface area (Å²) in [5.41, 5.74) is -0.285. The average molecular weight is 208 g/mol. The van der Waals surface area contributed by atoms with Crippen LogP contribution in [0.4, 0.5) is 8.78 Å². The maximum absolute atomic E-state index is 12.0. The zero-order valence-electron chi connectivity index (χ0n) is 6.31. The second kappa shape index (κ2) is 3.39. The van der Waals surface area contributed by atoms with Crippen LogP contribution in [0.25, 0.3) is 0 Å². The molecule has 0 saturated heterocycles. The largest absolute Gasteiger partial charge is 0.294 e. The second-order valence-electron chi connectivity index (χ2n) is 2.34. The summed E-state index contributed by atoms with van der Waals surface area (Å²) in [6.07, 6.45) is -2.64. The van der Waals surface area contributed by atoms with E-state index in [4.69, 9.17) is 4.55 Å². The lowest BCUT2D eigenvalue weighted by Crippen LogP contribution is -1.97. The smallest absolute Gasteiger partial charge is 0.282 e. The Morgan fingerprint density at radius 3 is 1.92 bits per heavy atom. The monoisotopic (exact) mass is 208 g/mol. The van der Waals surface area contributed by atoms with Gasteiger partial charge in [-0.25, -0.2) is 8.78 Å². The first kappa shape index (κ1) is 10.1. The lowest BCUT2D eigenvalue weighted by Gasteiger charge is -1.99. The van der Waals surface area contributed by atoms with Gasteiger partial charge < -0.3 is 0 Å². The molecule has 0 radical (unpaired) electrons. The van der Waals surface area contributed by atoms with Gasteiger partial charge in [-0.05, 0) is 12.1 Å². The molecule has 1 rings (SSSR count). The van der Waals surface area contributed by atoms with Crippen molar-refractivity contribution in [3.05, 3.63) is 29.8 Å². The molecule has 0 saturated carbocycles. The van der Waals surface area contributed by atoms with Crippen molar-refractivity contribution >= 4 is 10.1 Å². The molecule has 72 valence electrons. The normalized spacial score (nSPS) is 12.0. The van der Waals surface area contributed by atoms with Crippen molar-refractivity contribution in [2.75, 3.05) is 0 Å². The van der Waals surface area contributed by atoms with Gasteiger partial charge in [0.1, 0.15) is 0 Å². The van der Waals surface area contributed by atoms with Crippen molar-refractivity contribution in [3.63, 3.8) is 0 Å². The quantitative estimate of drug-likeness (QED) is 0.755. The van der Waals surface area contributed by atoms with Gasteiger partial charge in [-0.1, -0.05) is 12.1 Å². The van der Waals surface area contributed by atoms with Crippen LogP contribution in [0.2, 0.25) is 0 Å². The van der Waals surface area contributed by atoms with E-state index in [0.717, 1.165) is 24.3 Å². The van der Waals surface area contributed by atoms with Gasteiger partial charge in [0.05, 0.1) is 4.90 Å². The Hall–Kier alpha value is -1.01. The van der Waals surface area contributed by atoms with Crippen LogP contribution < -0.4 is 0 Å². The predicted octanol–water partition coefficient (Wildman–Crippen LogP) is 1.87. The SMILES string of the molecule is O=S(=O)(O)c1ccc(C(F)F)cc1. The highest BCUT2D eigenvalue weighted by molar-refractivity contribution is 7.85. The molecule has 1 N–H and O–H groups in total. The number of alkyl halides is 2. The van der Waals surface area contributed by atoms with Crippen LogP contribution in [-0.2, 0) is 10.1 Å². The van der Waals surface area contributed by atoms with Crippen LogP contribution in [0.3, 0.4) is 0 Å². The molecule has 1 aromatic carbocycles. The first-order valence-corrected chi connectivity index (χ1v) is 4.71.